The van der Waals surface area contributed by atoms with Gasteiger partial charge in [-0.1, -0.05) is 6.58 Å². The molecule has 7 heteroatoms. The first-order chi connectivity index (χ1) is 13.1. The molecule has 0 radical (unpaired) electrons. The van der Waals surface area contributed by atoms with E-state index in [1.165, 1.54) is 0 Å². The van der Waals surface area contributed by atoms with Gasteiger partial charge in [0.2, 0.25) is 5.88 Å². The topological polar surface area (TPSA) is 96.9 Å². The lowest BCUT2D eigenvalue weighted by Crippen LogP contribution is -2.06. The van der Waals surface area contributed by atoms with Crippen molar-refractivity contribution in [2.24, 2.45) is 10.2 Å². The summed E-state index contributed by atoms with van der Waals surface area (Å²) in [7, 11) is 0. The Morgan fingerprint density at radius 1 is 1.30 bits per heavy atom. The second-order valence-corrected chi connectivity index (χ2v) is 6.06. The molecule has 4 rings (SSSR count). The van der Waals surface area contributed by atoms with Crippen LogP contribution in [0.15, 0.2) is 58.5 Å². The van der Waals surface area contributed by atoms with Crippen LogP contribution in [0.1, 0.15) is 23.6 Å². The molecule has 0 spiro atoms. The van der Waals surface area contributed by atoms with Crippen molar-refractivity contribution in [1.82, 2.24) is 4.98 Å². The molecule has 1 aromatic carbocycles. The van der Waals surface area contributed by atoms with Crippen molar-refractivity contribution in [2.45, 2.75) is 13.3 Å². The van der Waals surface area contributed by atoms with Gasteiger partial charge < -0.3 is 9.47 Å². The lowest BCUT2D eigenvalue weighted by atomic mass is 9.93. The van der Waals surface area contributed by atoms with Crippen molar-refractivity contribution >= 4 is 11.5 Å². The summed E-state index contributed by atoms with van der Waals surface area (Å²) in [5.74, 6) is 1.25. The monoisotopic (exact) mass is 358 g/mol. The van der Waals surface area contributed by atoms with Gasteiger partial charge in [-0.25, -0.2) is 4.98 Å². The number of hydrogen-bond donors (Lipinski definition) is 0. The van der Waals surface area contributed by atoms with Crippen molar-refractivity contribution in [2.75, 3.05) is 6.61 Å². The number of carbonyl (C=O) groups is 1. The van der Waals surface area contributed by atoms with Gasteiger partial charge in [0.05, 0.1) is 29.5 Å². The average Bonchev–Trinajstić information content (AvgIpc) is 3.16. The summed E-state index contributed by atoms with van der Waals surface area (Å²) < 4.78 is 11.4. The minimum absolute atomic E-state index is 0.344. The fourth-order valence-corrected chi connectivity index (χ4v) is 3.09. The van der Waals surface area contributed by atoms with Crippen LogP contribution in [0, 0.1) is 11.3 Å². The molecule has 2 aromatic rings. The number of amides is 1. The van der Waals surface area contributed by atoms with Crippen molar-refractivity contribution in [3.8, 4) is 23.4 Å². The van der Waals surface area contributed by atoms with Gasteiger partial charge in [-0.3, -0.25) is 4.79 Å². The third-order valence-corrected chi connectivity index (χ3v) is 4.42. The van der Waals surface area contributed by atoms with Crippen LogP contribution in [-0.2, 0) is 11.2 Å². The fraction of sp³-hybridized carbons (Fsp3) is 0.150. The SMILES string of the molecule is C=C1N=NC(=O)C(C)=C1c1ccc(Oc2nccc3c2CCO3)cc1C#N. The van der Waals surface area contributed by atoms with Crippen LogP contribution in [0.25, 0.3) is 5.57 Å². The number of nitriles is 1. The zero-order valence-corrected chi connectivity index (χ0v) is 14.5. The molecule has 0 bridgehead atoms. The number of hydrogen-bond acceptors (Lipinski definition) is 6. The van der Waals surface area contributed by atoms with Crippen LogP contribution in [0.2, 0.25) is 0 Å². The van der Waals surface area contributed by atoms with E-state index in [1.807, 2.05) is 0 Å². The Morgan fingerprint density at radius 2 is 2.15 bits per heavy atom. The molecule has 0 aliphatic carbocycles. The Labute approximate surface area is 155 Å². The van der Waals surface area contributed by atoms with Gasteiger partial charge in [0.15, 0.2) is 0 Å². The maximum Gasteiger partial charge on any atom is 0.291 e. The number of fused-ring (bicyclic) bond motifs is 1. The predicted molar refractivity (Wildman–Crippen MR) is 96.3 cm³/mol. The number of ether oxygens (including phenoxy) is 2. The maximum absolute atomic E-state index is 11.9. The lowest BCUT2D eigenvalue weighted by molar-refractivity contribution is -0.114. The Morgan fingerprint density at radius 3 is 2.96 bits per heavy atom. The molecule has 1 aromatic heterocycles. The van der Waals surface area contributed by atoms with Crippen LogP contribution < -0.4 is 9.47 Å². The highest BCUT2D eigenvalue weighted by Crippen LogP contribution is 2.37. The Kier molecular flexibility index (Phi) is 4.01. The van der Waals surface area contributed by atoms with E-state index < -0.39 is 5.91 Å². The summed E-state index contributed by atoms with van der Waals surface area (Å²) in [6.45, 7) is 6.06. The van der Waals surface area contributed by atoms with E-state index in [0.717, 1.165) is 17.7 Å². The Balaban J connectivity index is 1.72. The minimum atomic E-state index is -0.439. The van der Waals surface area contributed by atoms with Gasteiger partial charge in [0.1, 0.15) is 11.5 Å². The number of nitrogens with zero attached hydrogens (tertiary/aromatic N) is 4. The fourth-order valence-electron chi connectivity index (χ4n) is 3.09. The molecule has 2 aliphatic rings. The number of rotatable bonds is 3. The van der Waals surface area contributed by atoms with E-state index in [9.17, 15) is 10.1 Å². The third-order valence-electron chi connectivity index (χ3n) is 4.42. The van der Waals surface area contributed by atoms with E-state index in [1.54, 1.807) is 37.4 Å². The minimum Gasteiger partial charge on any atom is -0.493 e. The highest BCUT2D eigenvalue weighted by atomic mass is 16.5. The molecule has 27 heavy (non-hydrogen) atoms. The van der Waals surface area contributed by atoms with Crippen molar-refractivity contribution in [1.29, 1.82) is 5.26 Å². The molecule has 0 saturated carbocycles. The average molecular weight is 358 g/mol. The molecule has 0 N–H and O–H groups in total. The molecule has 1 amide bonds. The number of azo groups is 1. The van der Waals surface area contributed by atoms with E-state index in [0.29, 0.717) is 46.2 Å². The molecule has 0 atom stereocenters. The summed E-state index contributed by atoms with van der Waals surface area (Å²) in [5, 5.41) is 16.9. The zero-order chi connectivity index (χ0) is 19.0. The van der Waals surface area contributed by atoms with Crippen molar-refractivity contribution in [3.05, 3.63) is 65.0 Å². The molecule has 0 unspecified atom stereocenters. The highest BCUT2D eigenvalue weighted by Gasteiger charge is 2.23. The Bertz CT molecular complexity index is 1090. The number of benzene rings is 1. The van der Waals surface area contributed by atoms with Gasteiger partial charge in [-0.2, -0.15) is 5.26 Å². The van der Waals surface area contributed by atoms with Crippen molar-refractivity contribution < 1.29 is 14.3 Å². The summed E-state index contributed by atoms with van der Waals surface area (Å²) in [5.41, 5.74) is 3.08. The van der Waals surface area contributed by atoms with Gasteiger partial charge >= 0.3 is 0 Å². The molecule has 132 valence electrons. The first-order valence-corrected chi connectivity index (χ1v) is 8.27. The standard InChI is InChI=1S/C20H14N4O3/c1-11-18(12(2)23-24-19(11)25)15-4-3-14(9-13(15)10-21)27-20-16-6-8-26-17(16)5-7-22-20/h3-5,7,9H,2,6,8H2,1H3. The molecule has 3 heterocycles. The van der Waals surface area contributed by atoms with Crippen LogP contribution in [0.5, 0.6) is 17.4 Å². The zero-order valence-electron chi connectivity index (χ0n) is 14.5. The van der Waals surface area contributed by atoms with Gasteiger partial charge in [-0.15, -0.1) is 10.2 Å². The number of pyridine rings is 1. The maximum atomic E-state index is 11.9. The van der Waals surface area contributed by atoms with E-state index in [4.69, 9.17) is 9.47 Å². The number of allylic oxidation sites excluding steroid dienone is 1. The number of aromatic nitrogens is 1. The van der Waals surface area contributed by atoms with E-state index >= 15 is 0 Å². The number of carbonyl (C=O) groups excluding carboxylic acids is 1. The van der Waals surface area contributed by atoms with Gasteiger partial charge in [-0.05, 0) is 31.2 Å². The van der Waals surface area contributed by atoms with E-state index in [-0.39, 0.29) is 0 Å². The second-order valence-electron chi connectivity index (χ2n) is 6.06. The molecule has 0 fully saturated rings. The largest absolute Gasteiger partial charge is 0.493 e. The van der Waals surface area contributed by atoms with Crippen LogP contribution >= 0.6 is 0 Å². The summed E-state index contributed by atoms with van der Waals surface area (Å²) in [4.78, 5) is 16.1. The predicted octanol–water partition coefficient (Wildman–Crippen LogP) is 3.96. The van der Waals surface area contributed by atoms with Crippen LogP contribution in [-0.4, -0.2) is 17.5 Å². The quantitative estimate of drug-likeness (QED) is 0.827. The van der Waals surface area contributed by atoms with Crippen LogP contribution in [0.4, 0.5) is 0 Å². The second kappa shape index (κ2) is 6.50. The molecule has 7 nitrogen and oxygen atoms in total. The smallest absolute Gasteiger partial charge is 0.291 e. The van der Waals surface area contributed by atoms with Gasteiger partial charge in [0.25, 0.3) is 5.91 Å². The molecule has 0 saturated heterocycles. The lowest BCUT2D eigenvalue weighted by Gasteiger charge is -2.15. The molecule has 2 aliphatic heterocycles. The van der Waals surface area contributed by atoms with Gasteiger partial charge in [0, 0.05) is 29.3 Å². The summed E-state index contributed by atoms with van der Waals surface area (Å²) in [6.07, 6.45) is 2.34. The highest BCUT2D eigenvalue weighted by molar-refractivity contribution is 6.06. The Hall–Kier alpha value is -3.79. The molecular formula is C20H14N4O3. The first kappa shape index (κ1) is 16.7. The first-order valence-electron chi connectivity index (χ1n) is 8.27. The normalized spacial score (nSPS) is 15.4. The third kappa shape index (κ3) is 2.87. The van der Waals surface area contributed by atoms with E-state index in [2.05, 4.69) is 27.9 Å². The summed E-state index contributed by atoms with van der Waals surface area (Å²) in [6, 6.07) is 8.98. The van der Waals surface area contributed by atoms with Crippen molar-refractivity contribution in [3.63, 3.8) is 0 Å². The molecular weight excluding hydrogens is 344 g/mol. The summed E-state index contributed by atoms with van der Waals surface area (Å²) >= 11 is 0. The van der Waals surface area contributed by atoms with Crippen LogP contribution in [0.3, 0.4) is 0 Å².